The standard InChI is InChI=1S/C11H10O2/c1-7-3-2-4-8-9(12)5-6-10(13)11(7)8/h2-4H,5-6H2,1H3. The number of fused-ring (bicyclic) bond motifs is 1. The van der Waals surface area contributed by atoms with Crippen LogP contribution in [-0.2, 0) is 0 Å². The summed E-state index contributed by atoms with van der Waals surface area (Å²) < 4.78 is 0. The topological polar surface area (TPSA) is 34.1 Å². The first-order chi connectivity index (χ1) is 6.20. The van der Waals surface area contributed by atoms with Gasteiger partial charge in [-0.15, -0.1) is 0 Å². The lowest BCUT2D eigenvalue weighted by molar-refractivity contribution is 0.0890. The number of rotatable bonds is 0. The van der Waals surface area contributed by atoms with E-state index in [2.05, 4.69) is 0 Å². The van der Waals surface area contributed by atoms with Crippen LogP contribution in [0, 0.1) is 6.92 Å². The summed E-state index contributed by atoms with van der Waals surface area (Å²) >= 11 is 0. The Morgan fingerprint density at radius 3 is 2.46 bits per heavy atom. The molecule has 0 bridgehead atoms. The first kappa shape index (κ1) is 8.17. The average Bonchev–Trinajstić information content (AvgIpc) is 2.12. The van der Waals surface area contributed by atoms with E-state index in [0.717, 1.165) is 5.56 Å². The number of carbonyl (C=O) groups is 2. The molecule has 1 aromatic rings. The van der Waals surface area contributed by atoms with Crippen molar-refractivity contribution < 1.29 is 9.59 Å². The molecule has 0 N–H and O–H groups in total. The number of hydrogen-bond acceptors (Lipinski definition) is 2. The van der Waals surface area contributed by atoms with Gasteiger partial charge in [-0.2, -0.15) is 0 Å². The second-order valence-electron chi connectivity index (χ2n) is 3.34. The first-order valence-electron chi connectivity index (χ1n) is 4.36. The highest BCUT2D eigenvalue weighted by Crippen LogP contribution is 2.23. The van der Waals surface area contributed by atoms with Crippen molar-refractivity contribution in [2.24, 2.45) is 0 Å². The molecule has 0 spiro atoms. The Balaban J connectivity index is 2.70. The monoisotopic (exact) mass is 174 g/mol. The Morgan fingerprint density at radius 1 is 1.08 bits per heavy atom. The zero-order valence-electron chi connectivity index (χ0n) is 7.46. The molecule has 0 unspecified atom stereocenters. The number of carbonyl (C=O) groups excluding carboxylic acids is 2. The molecule has 1 aromatic carbocycles. The van der Waals surface area contributed by atoms with Crippen LogP contribution in [0.5, 0.6) is 0 Å². The minimum atomic E-state index is 0.0956. The van der Waals surface area contributed by atoms with Crippen LogP contribution in [-0.4, -0.2) is 11.6 Å². The van der Waals surface area contributed by atoms with Crippen molar-refractivity contribution in [2.75, 3.05) is 0 Å². The van der Waals surface area contributed by atoms with E-state index in [-0.39, 0.29) is 11.6 Å². The maximum atomic E-state index is 11.5. The van der Waals surface area contributed by atoms with Crippen molar-refractivity contribution in [2.45, 2.75) is 19.8 Å². The van der Waals surface area contributed by atoms with Crippen molar-refractivity contribution >= 4 is 11.6 Å². The smallest absolute Gasteiger partial charge is 0.164 e. The summed E-state index contributed by atoms with van der Waals surface area (Å²) in [6.45, 7) is 1.87. The maximum Gasteiger partial charge on any atom is 0.164 e. The Morgan fingerprint density at radius 2 is 1.77 bits per heavy atom. The molecule has 0 amide bonds. The zero-order chi connectivity index (χ0) is 9.42. The summed E-state index contributed by atoms with van der Waals surface area (Å²) in [6.07, 6.45) is 0.742. The molecule has 0 saturated carbocycles. The number of benzene rings is 1. The van der Waals surface area contributed by atoms with Gasteiger partial charge < -0.3 is 0 Å². The van der Waals surface area contributed by atoms with Crippen molar-refractivity contribution in [3.8, 4) is 0 Å². The van der Waals surface area contributed by atoms with Crippen LogP contribution in [0.3, 0.4) is 0 Å². The Hall–Kier alpha value is -1.44. The second-order valence-corrected chi connectivity index (χ2v) is 3.34. The van der Waals surface area contributed by atoms with E-state index in [1.54, 1.807) is 6.07 Å². The summed E-state index contributed by atoms with van der Waals surface area (Å²) in [6, 6.07) is 5.43. The molecule has 66 valence electrons. The fourth-order valence-corrected chi connectivity index (χ4v) is 1.76. The highest BCUT2D eigenvalue weighted by atomic mass is 16.1. The first-order valence-corrected chi connectivity index (χ1v) is 4.36. The van der Waals surface area contributed by atoms with Crippen LogP contribution in [0.4, 0.5) is 0 Å². The quantitative estimate of drug-likeness (QED) is 0.604. The highest BCUT2D eigenvalue weighted by molar-refractivity contribution is 6.14. The molecule has 0 heterocycles. The third kappa shape index (κ3) is 1.18. The van der Waals surface area contributed by atoms with Crippen molar-refractivity contribution in [3.63, 3.8) is 0 Å². The largest absolute Gasteiger partial charge is 0.294 e. The fourth-order valence-electron chi connectivity index (χ4n) is 1.76. The lowest BCUT2D eigenvalue weighted by Crippen LogP contribution is -2.17. The molecule has 0 aliphatic heterocycles. The van der Waals surface area contributed by atoms with E-state index >= 15 is 0 Å². The highest BCUT2D eigenvalue weighted by Gasteiger charge is 2.24. The molecular formula is C11H10O2. The third-order valence-corrected chi connectivity index (χ3v) is 2.43. The van der Waals surface area contributed by atoms with Gasteiger partial charge in [0.1, 0.15) is 0 Å². The van der Waals surface area contributed by atoms with Gasteiger partial charge >= 0.3 is 0 Å². The van der Waals surface area contributed by atoms with Crippen LogP contribution >= 0.6 is 0 Å². The van der Waals surface area contributed by atoms with E-state index in [1.165, 1.54) is 0 Å². The van der Waals surface area contributed by atoms with Crippen molar-refractivity contribution in [3.05, 3.63) is 34.9 Å². The molecule has 1 aliphatic rings. The van der Waals surface area contributed by atoms with Gasteiger partial charge in [0, 0.05) is 24.0 Å². The Labute approximate surface area is 76.6 Å². The minimum Gasteiger partial charge on any atom is -0.294 e. The number of aryl methyl sites for hydroxylation is 1. The van der Waals surface area contributed by atoms with E-state index in [4.69, 9.17) is 0 Å². The predicted molar refractivity (Wildman–Crippen MR) is 49.1 cm³/mol. The average molecular weight is 174 g/mol. The molecule has 0 atom stereocenters. The second kappa shape index (κ2) is 2.80. The van der Waals surface area contributed by atoms with Crippen molar-refractivity contribution in [1.29, 1.82) is 0 Å². The van der Waals surface area contributed by atoms with Gasteiger partial charge in [0.25, 0.3) is 0 Å². The summed E-state index contributed by atoms with van der Waals surface area (Å²) in [7, 11) is 0. The summed E-state index contributed by atoms with van der Waals surface area (Å²) in [5, 5.41) is 0. The molecule has 0 radical (unpaired) electrons. The SMILES string of the molecule is Cc1cccc2c1C(=O)CCC2=O. The molecule has 2 heteroatoms. The van der Waals surface area contributed by atoms with Crippen LogP contribution in [0.2, 0.25) is 0 Å². The molecular weight excluding hydrogens is 164 g/mol. The molecule has 0 aromatic heterocycles. The zero-order valence-corrected chi connectivity index (χ0v) is 7.46. The van der Waals surface area contributed by atoms with Gasteiger partial charge in [-0.05, 0) is 12.5 Å². The van der Waals surface area contributed by atoms with Crippen LogP contribution in [0.1, 0.15) is 39.1 Å². The molecule has 0 fully saturated rings. The van der Waals surface area contributed by atoms with Gasteiger partial charge in [0.2, 0.25) is 0 Å². The summed E-state index contributed by atoms with van der Waals surface area (Å²) in [4.78, 5) is 22.9. The van der Waals surface area contributed by atoms with Gasteiger partial charge in [0.15, 0.2) is 11.6 Å². The van der Waals surface area contributed by atoms with E-state index in [0.29, 0.717) is 24.0 Å². The van der Waals surface area contributed by atoms with E-state index in [9.17, 15) is 9.59 Å². The maximum absolute atomic E-state index is 11.5. The molecule has 1 aliphatic carbocycles. The summed E-state index contributed by atoms with van der Waals surface area (Å²) in [5.41, 5.74) is 2.16. The lowest BCUT2D eigenvalue weighted by Gasteiger charge is -2.14. The molecule has 2 rings (SSSR count). The van der Waals surface area contributed by atoms with Crippen LogP contribution in [0.25, 0.3) is 0 Å². The normalized spacial score (nSPS) is 15.8. The van der Waals surface area contributed by atoms with E-state index < -0.39 is 0 Å². The Bertz CT molecular complexity index is 391. The van der Waals surface area contributed by atoms with E-state index in [1.807, 2.05) is 19.1 Å². The molecule has 0 saturated heterocycles. The van der Waals surface area contributed by atoms with Crippen LogP contribution < -0.4 is 0 Å². The molecule has 13 heavy (non-hydrogen) atoms. The number of Topliss-reactive ketones (excluding diaryl/α,β-unsaturated/α-hetero) is 2. The molecule has 2 nitrogen and oxygen atoms in total. The number of hydrogen-bond donors (Lipinski definition) is 0. The summed E-state index contributed by atoms with van der Waals surface area (Å²) in [5.74, 6) is 0.200. The van der Waals surface area contributed by atoms with Crippen molar-refractivity contribution in [1.82, 2.24) is 0 Å². The lowest BCUT2D eigenvalue weighted by atomic mass is 9.87. The predicted octanol–water partition coefficient (Wildman–Crippen LogP) is 2.15. The van der Waals surface area contributed by atoms with Gasteiger partial charge in [-0.1, -0.05) is 18.2 Å². The van der Waals surface area contributed by atoms with Crippen LogP contribution in [0.15, 0.2) is 18.2 Å². The fraction of sp³-hybridized carbons (Fsp3) is 0.273. The van der Waals surface area contributed by atoms with Gasteiger partial charge in [0.05, 0.1) is 0 Å². The third-order valence-electron chi connectivity index (χ3n) is 2.43. The minimum absolute atomic E-state index is 0.0956. The number of ketones is 2. The Kier molecular flexibility index (Phi) is 1.76. The van der Waals surface area contributed by atoms with Gasteiger partial charge in [-0.3, -0.25) is 9.59 Å². The van der Waals surface area contributed by atoms with Gasteiger partial charge in [-0.25, -0.2) is 0 Å².